The van der Waals surface area contributed by atoms with E-state index in [-0.39, 0.29) is 12.2 Å². The Kier molecular flexibility index (Phi) is 4.57. The van der Waals surface area contributed by atoms with Crippen LogP contribution >= 0.6 is 11.3 Å². The maximum Gasteiger partial charge on any atom is 0.322 e. The fourth-order valence-electron chi connectivity index (χ4n) is 1.89. The molecule has 2 aromatic rings. The molecule has 20 heavy (non-hydrogen) atoms. The second-order valence-electron chi connectivity index (χ2n) is 4.40. The second kappa shape index (κ2) is 6.19. The van der Waals surface area contributed by atoms with E-state index in [2.05, 4.69) is 0 Å². The van der Waals surface area contributed by atoms with Crippen molar-refractivity contribution >= 4 is 27.1 Å². The molecule has 1 unspecified atom stereocenters. The largest absolute Gasteiger partial charge is 0.480 e. The number of rotatable bonds is 6. The number of thiophene rings is 1. The number of sulfone groups is 1. The molecule has 2 rings (SSSR count). The second-order valence-corrected chi connectivity index (χ2v) is 7.62. The summed E-state index contributed by atoms with van der Waals surface area (Å²) in [7, 11) is -3.73. The van der Waals surface area contributed by atoms with Crippen LogP contribution in [0.5, 0.6) is 0 Å². The van der Waals surface area contributed by atoms with Crippen molar-refractivity contribution in [1.82, 2.24) is 0 Å². The van der Waals surface area contributed by atoms with Crippen molar-refractivity contribution < 1.29 is 18.3 Å². The Bertz CT molecular complexity index is 660. The van der Waals surface area contributed by atoms with Gasteiger partial charge in [0, 0.05) is 4.88 Å². The van der Waals surface area contributed by atoms with Crippen LogP contribution < -0.4 is 0 Å². The van der Waals surface area contributed by atoms with E-state index < -0.39 is 21.1 Å². The highest BCUT2D eigenvalue weighted by molar-refractivity contribution is 7.92. The molecule has 0 bridgehead atoms. The third-order valence-electron chi connectivity index (χ3n) is 2.90. The van der Waals surface area contributed by atoms with E-state index >= 15 is 0 Å². The fraction of sp³-hybridized carbons (Fsp3) is 0.214. The smallest absolute Gasteiger partial charge is 0.322 e. The van der Waals surface area contributed by atoms with Gasteiger partial charge < -0.3 is 5.11 Å². The first-order chi connectivity index (χ1) is 9.49. The Labute approximate surface area is 121 Å². The molecule has 1 atom stereocenters. The normalized spacial score (nSPS) is 13.0. The standard InChI is InChI=1S/C14H14O4S2/c15-14(16)13(9-11-5-2-1-3-6-11)20(17,18)10-12-7-4-8-19-12/h1-8,13H,9-10H2,(H,15,16). The maximum atomic E-state index is 12.3. The molecule has 106 valence electrons. The molecule has 4 nitrogen and oxygen atoms in total. The van der Waals surface area contributed by atoms with E-state index in [9.17, 15) is 18.3 Å². The van der Waals surface area contributed by atoms with Crippen LogP contribution in [0.2, 0.25) is 0 Å². The molecule has 1 aromatic carbocycles. The molecule has 0 fully saturated rings. The van der Waals surface area contributed by atoms with Crippen molar-refractivity contribution in [1.29, 1.82) is 0 Å². The van der Waals surface area contributed by atoms with E-state index in [1.54, 1.807) is 47.8 Å². The third kappa shape index (κ3) is 3.68. The van der Waals surface area contributed by atoms with Crippen molar-refractivity contribution in [2.24, 2.45) is 0 Å². The van der Waals surface area contributed by atoms with E-state index in [1.165, 1.54) is 11.3 Å². The molecule has 1 aromatic heterocycles. The van der Waals surface area contributed by atoms with Crippen molar-refractivity contribution in [3.8, 4) is 0 Å². The van der Waals surface area contributed by atoms with Crippen molar-refractivity contribution in [3.05, 3.63) is 58.3 Å². The lowest BCUT2D eigenvalue weighted by molar-refractivity contribution is -0.136. The first-order valence-electron chi connectivity index (χ1n) is 6.00. The number of benzene rings is 1. The zero-order valence-electron chi connectivity index (χ0n) is 10.6. The molecule has 0 saturated carbocycles. The summed E-state index contributed by atoms with van der Waals surface area (Å²) in [5.74, 6) is -1.53. The molecule has 0 aliphatic rings. The van der Waals surface area contributed by atoms with E-state index in [1.807, 2.05) is 0 Å². The van der Waals surface area contributed by atoms with Crippen LogP contribution in [-0.2, 0) is 26.8 Å². The molecule has 0 saturated heterocycles. The van der Waals surface area contributed by atoms with E-state index in [4.69, 9.17) is 0 Å². The number of carboxylic acids is 1. The quantitative estimate of drug-likeness (QED) is 0.889. The average molecular weight is 310 g/mol. The van der Waals surface area contributed by atoms with Crippen molar-refractivity contribution in [3.63, 3.8) is 0 Å². The first-order valence-corrected chi connectivity index (χ1v) is 8.59. The Balaban J connectivity index is 2.22. The van der Waals surface area contributed by atoms with Gasteiger partial charge in [0.2, 0.25) is 0 Å². The zero-order valence-corrected chi connectivity index (χ0v) is 12.2. The lowest BCUT2D eigenvalue weighted by Crippen LogP contribution is -2.33. The van der Waals surface area contributed by atoms with Crippen molar-refractivity contribution in [2.45, 2.75) is 17.4 Å². The monoisotopic (exact) mass is 310 g/mol. The fourth-order valence-corrected chi connectivity index (χ4v) is 4.59. The summed E-state index contributed by atoms with van der Waals surface area (Å²) >= 11 is 1.31. The highest BCUT2D eigenvalue weighted by Gasteiger charge is 2.32. The van der Waals surface area contributed by atoms with Crippen LogP contribution in [0.15, 0.2) is 47.8 Å². The summed E-state index contributed by atoms with van der Waals surface area (Å²) in [6.07, 6.45) is -0.0100. The predicted molar refractivity (Wildman–Crippen MR) is 78.5 cm³/mol. The van der Waals surface area contributed by atoms with Crippen LogP contribution in [0.1, 0.15) is 10.4 Å². The molecular formula is C14H14O4S2. The predicted octanol–water partition coefficient (Wildman–Crippen LogP) is 2.36. The maximum absolute atomic E-state index is 12.3. The van der Waals surface area contributed by atoms with Gasteiger partial charge in [-0.3, -0.25) is 4.79 Å². The number of aliphatic carboxylic acids is 1. The summed E-state index contributed by atoms with van der Waals surface area (Å²) in [5.41, 5.74) is 0.703. The van der Waals surface area contributed by atoms with E-state index in [0.717, 1.165) is 0 Å². The van der Waals surface area contributed by atoms with Gasteiger partial charge in [0.1, 0.15) is 0 Å². The van der Waals surface area contributed by atoms with Gasteiger partial charge in [-0.15, -0.1) is 11.3 Å². The number of carbonyl (C=O) groups is 1. The summed E-state index contributed by atoms with van der Waals surface area (Å²) in [6.45, 7) is 0. The van der Waals surface area contributed by atoms with Gasteiger partial charge in [0.05, 0.1) is 5.75 Å². The Morgan fingerprint density at radius 2 is 1.85 bits per heavy atom. The summed E-state index contributed by atoms with van der Waals surface area (Å²) in [5, 5.41) is 9.59. The highest BCUT2D eigenvalue weighted by Crippen LogP contribution is 2.19. The first kappa shape index (κ1) is 14.7. The Morgan fingerprint density at radius 1 is 1.15 bits per heavy atom. The lowest BCUT2D eigenvalue weighted by atomic mass is 10.1. The van der Waals surface area contributed by atoms with Crippen LogP contribution in [0, 0.1) is 0 Å². The topological polar surface area (TPSA) is 71.4 Å². The van der Waals surface area contributed by atoms with Gasteiger partial charge in [-0.25, -0.2) is 8.42 Å². The number of hydrogen-bond donors (Lipinski definition) is 1. The van der Waals surface area contributed by atoms with Crippen LogP contribution in [0.25, 0.3) is 0 Å². The summed E-state index contributed by atoms with van der Waals surface area (Å²) < 4.78 is 24.5. The minimum atomic E-state index is -3.73. The molecule has 6 heteroatoms. The Hall–Kier alpha value is -1.66. The zero-order chi connectivity index (χ0) is 14.6. The van der Waals surface area contributed by atoms with Gasteiger partial charge in [0.25, 0.3) is 0 Å². The lowest BCUT2D eigenvalue weighted by Gasteiger charge is -2.13. The molecule has 1 heterocycles. The van der Waals surface area contributed by atoms with Gasteiger partial charge in [-0.1, -0.05) is 36.4 Å². The van der Waals surface area contributed by atoms with Gasteiger partial charge in [-0.05, 0) is 23.4 Å². The van der Waals surface area contributed by atoms with Crippen molar-refractivity contribution in [2.75, 3.05) is 0 Å². The number of hydrogen-bond acceptors (Lipinski definition) is 4. The van der Waals surface area contributed by atoms with Gasteiger partial charge >= 0.3 is 5.97 Å². The molecule has 0 radical (unpaired) electrons. The van der Waals surface area contributed by atoms with E-state index in [0.29, 0.717) is 10.4 Å². The van der Waals surface area contributed by atoms with Crippen LogP contribution in [-0.4, -0.2) is 24.7 Å². The summed E-state index contributed by atoms with van der Waals surface area (Å²) in [4.78, 5) is 12.0. The third-order valence-corrected chi connectivity index (χ3v) is 5.90. The van der Waals surface area contributed by atoms with Gasteiger partial charge in [-0.2, -0.15) is 0 Å². The molecular weight excluding hydrogens is 296 g/mol. The highest BCUT2D eigenvalue weighted by atomic mass is 32.2. The Morgan fingerprint density at radius 3 is 2.40 bits per heavy atom. The number of carboxylic acid groups (broad SMARTS) is 1. The summed E-state index contributed by atoms with van der Waals surface area (Å²) in [6, 6.07) is 12.2. The average Bonchev–Trinajstić information content (AvgIpc) is 2.88. The molecule has 0 aliphatic heterocycles. The van der Waals surface area contributed by atoms with Crippen LogP contribution in [0.3, 0.4) is 0 Å². The van der Waals surface area contributed by atoms with Gasteiger partial charge in [0.15, 0.2) is 15.1 Å². The molecule has 1 N–H and O–H groups in total. The minimum absolute atomic E-state index is 0.0100. The van der Waals surface area contributed by atoms with Crippen LogP contribution in [0.4, 0.5) is 0 Å². The molecule has 0 spiro atoms. The molecule has 0 aliphatic carbocycles. The minimum Gasteiger partial charge on any atom is -0.480 e. The SMILES string of the molecule is O=C(O)C(Cc1ccccc1)S(=O)(=O)Cc1cccs1. The molecule has 0 amide bonds.